The minimum Gasteiger partial charge on any atom is -0.367 e. The molecule has 6 N–H and O–H groups in total. The molecule has 0 aromatic heterocycles. The number of halogens is 1. The molecule has 1 aromatic rings. The summed E-state index contributed by atoms with van der Waals surface area (Å²) < 4.78 is 0.871. The Labute approximate surface area is 124 Å². The fourth-order valence-corrected chi connectivity index (χ4v) is 1.93. The lowest BCUT2D eigenvalue weighted by Gasteiger charge is -2.17. The lowest BCUT2D eigenvalue weighted by molar-refractivity contribution is -0.128. The predicted octanol–water partition coefficient (Wildman–Crippen LogP) is 0.149. The van der Waals surface area contributed by atoms with E-state index in [1.165, 1.54) is 0 Å². The first-order valence-electron chi connectivity index (χ1n) is 5.72. The van der Waals surface area contributed by atoms with E-state index in [1.807, 2.05) is 24.3 Å². The third-order valence-electron chi connectivity index (χ3n) is 2.54. The number of hydrogen-bond donors (Lipinski definition) is 4. The number of primary amides is 2. The fraction of sp³-hybridized carbons (Fsp3) is 0.250. The van der Waals surface area contributed by atoms with Crippen LogP contribution in [0.1, 0.15) is 18.5 Å². The van der Waals surface area contributed by atoms with Gasteiger partial charge in [0.2, 0.25) is 11.8 Å². The molecule has 8 heteroatoms. The van der Waals surface area contributed by atoms with Gasteiger partial charge in [-0.1, -0.05) is 28.1 Å². The van der Waals surface area contributed by atoms with Crippen LogP contribution in [0.15, 0.2) is 28.7 Å². The van der Waals surface area contributed by atoms with E-state index in [1.54, 1.807) is 6.92 Å². The van der Waals surface area contributed by atoms with Gasteiger partial charge in [-0.25, -0.2) is 4.79 Å². The standard InChI is InChI=1S/C12H15BrN4O3/c1-6(7-3-2-4-8(13)5-7)16-12(20)17-9(10(14)18)11(15)19/h2-6,9H,1H3,(H2,14,18)(H2,15,19)(H2,16,17,20). The van der Waals surface area contributed by atoms with Crippen LogP contribution >= 0.6 is 15.9 Å². The molecule has 0 aliphatic heterocycles. The van der Waals surface area contributed by atoms with Gasteiger partial charge >= 0.3 is 6.03 Å². The Hall–Kier alpha value is -2.09. The van der Waals surface area contributed by atoms with Crippen LogP contribution in [0.25, 0.3) is 0 Å². The van der Waals surface area contributed by atoms with Gasteiger partial charge in [-0.3, -0.25) is 9.59 Å². The number of benzene rings is 1. The average Bonchev–Trinajstić information content (AvgIpc) is 2.35. The van der Waals surface area contributed by atoms with E-state index >= 15 is 0 Å². The second-order valence-electron chi connectivity index (χ2n) is 4.13. The van der Waals surface area contributed by atoms with Crippen molar-refractivity contribution in [2.45, 2.75) is 19.0 Å². The second-order valence-corrected chi connectivity index (χ2v) is 5.05. The van der Waals surface area contributed by atoms with E-state index < -0.39 is 23.9 Å². The van der Waals surface area contributed by atoms with Crippen molar-refractivity contribution in [1.29, 1.82) is 0 Å². The van der Waals surface area contributed by atoms with Crippen LogP contribution in [0.3, 0.4) is 0 Å². The van der Waals surface area contributed by atoms with Gasteiger partial charge in [-0.05, 0) is 24.6 Å². The molecule has 1 unspecified atom stereocenters. The average molecular weight is 343 g/mol. The van der Waals surface area contributed by atoms with Crippen molar-refractivity contribution in [1.82, 2.24) is 10.6 Å². The van der Waals surface area contributed by atoms with E-state index in [0.29, 0.717) is 0 Å². The second kappa shape index (κ2) is 6.90. The summed E-state index contributed by atoms with van der Waals surface area (Å²) in [5.74, 6) is -2.02. The molecule has 1 atom stereocenters. The minimum atomic E-state index is -1.54. The normalized spacial score (nSPS) is 11.8. The summed E-state index contributed by atoms with van der Waals surface area (Å²) in [5, 5.41) is 4.70. The van der Waals surface area contributed by atoms with E-state index in [0.717, 1.165) is 10.0 Å². The Balaban J connectivity index is 2.66. The van der Waals surface area contributed by atoms with Crippen LogP contribution < -0.4 is 22.1 Å². The summed E-state index contributed by atoms with van der Waals surface area (Å²) in [6.45, 7) is 1.75. The smallest absolute Gasteiger partial charge is 0.316 e. The van der Waals surface area contributed by atoms with Gasteiger partial charge in [0.25, 0.3) is 0 Å². The van der Waals surface area contributed by atoms with Crippen LogP contribution in [0.2, 0.25) is 0 Å². The summed E-state index contributed by atoms with van der Waals surface area (Å²) in [5.41, 5.74) is 10.8. The Morgan fingerprint density at radius 3 is 2.25 bits per heavy atom. The highest BCUT2D eigenvalue weighted by atomic mass is 79.9. The largest absolute Gasteiger partial charge is 0.367 e. The van der Waals surface area contributed by atoms with E-state index in [9.17, 15) is 14.4 Å². The minimum absolute atomic E-state index is 0.325. The molecule has 0 fully saturated rings. The maximum Gasteiger partial charge on any atom is 0.316 e. The summed E-state index contributed by atoms with van der Waals surface area (Å²) in [4.78, 5) is 33.6. The third kappa shape index (κ3) is 4.54. The number of nitrogens with one attached hydrogen (secondary N) is 2. The van der Waals surface area contributed by atoms with Crippen molar-refractivity contribution in [3.05, 3.63) is 34.3 Å². The van der Waals surface area contributed by atoms with Crippen LogP contribution in [0.4, 0.5) is 4.79 Å². The first-order chi connectivity index (χ1) is 9.31. The molecule has 1 aromatic carbocycles. The Morgan fingerprint density at radius 1 is 1.15 bits per heavy atom. The first kappa shape index (κ1) is 16.0. The fourth-order valence-electron chi connectivity index (χ4n) is 1.51. The summed E-state index contributed by atoms with van der Waals surface area (Å²) >= 11 is 3.32. The monoisotopic (exact) mass is 342 g/mol. The maximum absolute atomic E-state index is 11.7. The van der Waals surface area contributed by atoms with Crippen molar-refractivity contribution in [2.24, 2.45) is 11.5 Å². The molecule has 0 bridgehead atoms. The molecule has 108 valence electrons. The lowest BCUT2D eigenvalue weighted by Crippen LogP contribution is -2.55. The number of rotatable bonds is 5. The number of carbonyl (C=O) groups is 3. The van der Waals surface area contributed by atoms with Crippen molar-refractivity contribution in [3.63, 3.8) is 0 Å². The zero-order valence-corrected chi connectivity index (χ0v) is 12.3. The van der Waals surface area contributed by atoms with Gasteiger partial charge < -0.3 is 22.1 Å². The van der Waals surface area contributed by atoms with Gasteiger partial charge in [0.05, 0.1) is 6.04 Å². The lowest BCUT2D eigenvalue weighted by atomic mass is 10.1. The third-order valence-corrected chi connectivity index (χ3v) is 3.03. The molecule has 1 rings (SSSR count). The topological polar surface area (TPSA) is 127 Å². The van der Waals surface area contributed by atoms with E-state index in [2.05, 4.69) is 26.6 Å². The highest BCUT2D eigenvalue weighted by molar-refractivity contribution is 9.10. The number of hydrogen-bond acceptors (Lipinski definition) is 3. The van der Waals surface area contributed by atoms with Crippen molar-refractivity contribution in [2.75, 3.05) is 0 Å². The zero-order valence-electron chi connectivity index (χ0n) is 10.7. The Kier molecular flexibility index (Phi) is 5.51. The van der Waals surface area contributed by atoms with Gasteiger partial charge in [-0.15, -0.1) is 0 Å². The molecule has 0 aliphatic carbocycles. The quantitative estimate of drug-likeness (QED) is 0.568. The molecule has 0 heterocycles. The molecule has 20 heavy (non-hydrogen) atoms. The van der Waals surface area contributed by atoms with Crippen molar-refractivity contribution < 1.29 is 14.4 Å². The van der Waals surface area contributed by atoms with Crippen LogP contribution in [0, 0.1) is 0 Å². The van der Waals surface area contributed by atoms with Crippen LogP contribution in [-0.4, -0.2) is 23.9 Å². The molecule has 0 saturated carbocycles. The summed E-state index contributed by atoms with van der Waals surface area (Å²) in [6.07, 6.45) is 0. The van der Waals surface area contributed by atoms with Crippen molar-refractivity contribution >= 4 is 33.8 Å². The molecule has 0 radical (unpaired) electrons. The SMILES string of the molecule is CC(NC(=O)NC(C(N)=O)C(N)=O)c1cccc(Br)c1. The van der Waals surface area contributed by atoms with Crippen LogP contribution in [-0.2, 0) is 9.59 Å². The molecule has 7 nitrogen and oxygen atoms in total. The maximum atomic E-state index is 11.7. The Morgan fingerprint density at radius 2 is 1.75 bits per heavy atom. The molecular formula is C12H15BrN4O3. The van der Waals surface area contributed by atoms with E-state index in [-0.39, 0.29) is 6.04 Å². The van der Waals surface area contributed by atoms with Gasteiger partial charge in [0.1, 0.15) is 0 Å². The highest BCUT2D eigenvalue weighted by Crippen LogP contribution is 2.17. The predicted molar refractivity (Wildman–Crippen MR) is 76.4 cm³/mol. The van der Waals surface area contributed by atoms with E-state index in [4.69, 9.17) is 11.5 Å². The van der Waals surface area contributed by atoms with Gasteiger partial charge in [0.15, 0.2) is 6.04 Å². The Bertz CT molecular complexity index is 521. The molecule has 0 saturated heterocycles. The highest BCUT2D eigenvalue weighted by Gasteiger charge is 2.24. The number of amides is 4. The summed E-state index contributed by atoms with van der Waals surface area (Å²) in [6, 6.07) is 4.77. The van der Waals surface area contributed by atoms with Gasteiger partial charge in [0, 0.05) is 4.47 Å². The molecule has 0 spiro atoms. The number of urea groups is 1. The zero-order chi connectivity index (χ0) is 15.3. The number of nitrogens with two attached hydrogens (primary N) is 2. The summed E-state index contributed by atoms with van der Waals surface area (Å²) in [7, 11) is 0. The first-order valence-corrected chi connectivity index (χ1v) is 6.51. The van der Waals surface area contributed by atoms with Crippen molar-refractivity contribution in [3.8, 4) is 0 Å². The number of carbonyl (C=O) groups excluding carboxylic acids is 3. The van der Waals surface area contributed by atoms with Gasteiger partial charge in [-0.2, -0.15) is 0 Å². The molecule has 0 aliphatic rings. The molecular weight excluding hydrogens is 328 g/mol. The molecule has 4 amide bonds. The van der Waals surface area contributed by atoms with Crippen LogP contribution in [0.5, 0.6) is 0 Å².